The molecule has 2 fully saturated rings. The van der Waals surface area contributed by atoms with Gasteiger partial charge in [-0.1, -0.05) is 25.9 Å². The minimum atomic E-state index is -0.111. The molecule has 2 aliphatic rings. The zero-order valence-corrected chi connectivity index (χ0v) is 13.3. The number of hydrogen-bond acceptors (Lipinski definition) is 4. The highest BCUT2D eigenvalue weighted by atomic mass is 16.5. The molecule has 0 unspecified atom stereocenters. The molecule has 1 aliphatic heterocycles. The Morgan fingerprint density at radius 3 is 2.71 bits per heavy atom. The summed E-state index contributed by atoms with van der Waals surface area (Å²) in [5.74, 6) is 1.68. The van der Waals surface area contributed by atoms with Gasteiger partial charge in [0.05, 0.1) is 0 Å². The van der Waals surface area contributed by atoms with Gasteiger partial charge in [-0.05, 0) is 31.2 Å². The van der Waals surface area contributed by atoms with Crippen LogP contribution in [0.15, 0.2) is 10.6 Å². The van der Waals surface area contributed by atoms with E-state index < -0.39 is 0 Å². The van der Waals surface area contributed by atoms with Gasteiger partial charge >= 0.3 is 0 Å². The van der Waals surface area contributed by atoms with Crippen LogP contribution in [0, 0.1) is 11.3 Å². The van der Waals surface area contributed by atoms with Crippen LogP contribution in [-0.2, 0) is 0 Å². The lowest BCUT2D eigenvalue weighted by Gasteiger charge is -2.31. The Labute approximate surface area is 126 Å². The van der Waals surface area contributed by atoms with Gasteiger partial charge in [0.15, 0.2) is 5.69 Å². The van der Waals surface area contributed by atoms with Gasteiger partial charge in [-0.25, -0.2) is 0 Å². The summed E-state index contributed by atoms with van der Waals surface area (Å²) in [5.41, 5.74) is 0.588. The van der Waals surface area contributed by atoms with E-state index in [0.717, 1.165) is 31.7 Å². The quantitative estimate of drug-likeness (QED) is 0.928. The largest absolute Gasteiger partial charge is 0.360 e. The second-order valence-electron chi connectivity index (χ2n) is 7.66. The first kappa shape index (κ1) is 14.6. The first-order valence-corrected chi connectivity index (χ1v) is 7.80. The van der Waals surface area contributed by atoms with E-state index in [9.17, 15) is 4.79 Å². The maximum Gasteiger partial charge on any atom is 0.273 e. The smallest absolute Gasteiger partial charge is 0.273 e. The zero-order valence-electron chi connectivity index (χ0n) is 13.3. The number of likely N-dealkylation sites (tertiary alicyclic amines) is 1. The summed E-state index contributed by atoms with van der Waals surface area (Å²) in [5, 5.41) is 7.08. The number of amides is 1. The zero-order chi connectivity index (χ0) is 15.2. The predicted molar refractivity (Wildman–Crippen MR) is 80.2 cm³/mol. The van der Waals surface area contributed by atoms with E-state index in [1.165, 1.54) is 0 Å². The first-order chi connectivity index (χ1) is 9.84. The number of hydrogen-bond donors (Lipinski definition) is 1. The standard InChI is InChI=1S/C16H25N3O2/c1-16(2,3)11-8-19(4)9-13(11)17-15(20)12-7-14(21-18-12)10-5-6-10/h7,10-11,13H,5-6,8-9H2,1-4H3,(H,17,20)/t11-,13+/m1/s1. The molecule has 1 saturated heterocycles. The van der Waals surface area contributed by atoms with Gasteiger partial charge < -0.3 is 14.7 Å². The van der Waals surface area contributed by atoms with Crippen LogP contribution in [0.2, 0.25) is 0 Å². The topological polar surface area (TPSA) is 58.4 Å². The molecule has 0 spiro atoms. The Hall–Kier alpha value is -1.36. The minimum absolute atomic E-state index is 0.111. The number of carbonyl (C=O) groups excluding carboxylic acids is 1. The Balaban J connectivity index is 1.67. The van der Waals surface area contributed by atoms with Crippen molar-refractivity contribution in [3.8, 4) is 0 Å². The van der Waals surface area contributed by atoms with E-state index in [2.05, 4.69) is 43.2 Å². The van der Waals surface area contributed by atoms with Crippen molar-refractivity contribution in [3.05, 3.63) is 17.5 Å². The lowest BCUT2D eigenvalue weighted by Crippen LogP contribution is -2.44. The third-order valence-corrected chi connectivity index (χ3v) is 4.67. The molecule has 0 bridgehead atoms. The predicted octanol–water partition coefficient (Wildman–Crippen LogP) is 2.26. The normalized spacial score (nSPS) is 27.0. The fourth-order valence-corrected chi connectivity index (χ4v) is 3.22. The third-order valence-electron chi connectivity index (χ3n) is 4.67. The highest BCUT2D eigenvalue weighted by Gasteiger charge is 2.39. The van der Waals surface area contributed by atoms with Crippen molar-refractivity contribution in [2.24, 2.45) is 11.3 Å². The number of aromatic nitrogens is 1. The van der Waals surface area contributed by atoms with E-state index in [1.807, 2.05) is 0 Å². The molecule has 1 saturated carbocycles. The monoisotopic (exact) mass is 291 g/mol. The molecular weight excluding hydrogens is 266 g/mol. The molecule has 5 heteroatoms. The fourth-order valence-electron chi connectivity index (χ4n) is 3.22. The van der Waals surface area contributed by atoms with Gasteiger partial charge in [0, 0.05) is 31.1 Å². The number of nitrogens with zero attached hydrogens (tertiary/aromatic N) is 2. The van der Waals surface area contributed by atoms with Crippen LogP contribution in [0.4, 0.5) is 0 Å². The van der Waals surface area contributed by atoms with Crippen LogP contribution in [0.25, 0.3) is 0 Å². The summed E-state index contributed by atoms with van der Waals surface area (Å²) in [6, 6.07) is 1.97. The van der Waals surface area contributed by atoms with Crippen molar-refractivity contribution in [2.75, 3.05) is 20.1 Å². The lowest BCUT2D eigenvalue weighted by atomic mass is 9.78. The van der Waals surface area contributed by atoms with Crippen LogP contribution in [0.3, 0.4) is 0 Å². The van der Waals surface area contributed by atoms with Gasteiger partial charge in [-0.3, -0.25) is 4.79 Å². The maximum absolute atomic E-state index is 12.4. The molecule has 3 rings (SSSR count). The van der Waals surface area contributed by atoms with Crippen molar-refractivity contribution in [3.63, 3.8) is 0 Å². The van der Waals surface area contributed by atoms with E-state index >= 15 is 0 Å². The molecule has 1 aromatic rings. The third kappa shape index (κ3) is 3.12. The molecule has 0 aromatic carbocycles. The number of nitrogens with one attached hydrogen (secondary N) is 1. The van der Waals surface area contributed by atoms with Gasteiger partial charge in [0.2, 0.25) is 0 Å². The van der Waals surface area contributed by atoms with Gasteiger partial charge in [-0.2, -0.15) is 0 Å². The van der Waals surface area contributed by atoms with Crippen LogP contribution in [0.1, 0.15) is 55.8 Å². The van der Waals surface area contributed by atoms with Gasteiger partial charge in [0.25, 0.3) is 5.91 Å². The second kappa shape index (κ2) is 5.13. The van der Waals surface area contributed by atoms with Crippen LogP contribution in [-0.4, -0.2) is 42.1 Å². The Morgan fingerprint density at radius 2 is 2.10 bits per heavy atom. The number of rotatable bonds is 3. The molecule has 1 aromatic heterocycles. The molecule has 1 amide bonds. The number of carbonyl (C=O) groups is 1. The Kier molecular flexibility index (Phi) is 3.56. The molecule has 21 heavy (non-hydrogen) atoms. The van der Waals surface area contributed by atoms with E-state index in [4.69, 9.17) is 4.52 Å². The molecule has 2 atom stereocenters. The van der Waals surface area contributed by atoms with E-state index in [-0.39, 0.29) is 17.4 Å². The average molecular weight is 291 g/mol. The summed E-state index contributed by atoms with van der Waals surface area (Å²) in [6.45, 7) is 8.60. The second-order valence-corrected chi connectivity index (χ2v) is 7.66. The molecular formula is C16H25N3O2. The highest BCUT2D eigenvalue weighted by molar-refractivity contribution is 5.92. The minimum Gasteiger partial charge on any atom is -0.360 e. The van der Waals surface area contributed by atoms with Crippen LogP contribution in [0.5, 0.6) is 0 Å². The maximum atomic E-state index is 12.4. The van der Waals surface area contributed by atoms with Gasteiger partial charge in [-0.15, -0.1) is 0 Å². The Bertz CT molecular complexity index is 528. The summed E-state index contributed by atoms with van der Waals surface area (Å²) < 4.78 is 5.27. The molecule has 1 aliphatic carbocycles. The summed E-state index contributed by atoms with van der Waals surface area (Å²) in [4.78, 5) is 14.7. The van der Waals surface area contributed by atoms with Crippen molar-refractivity contribution in [1.82, 2.24) is 15.4 Å². The van der Waals surface area contributed by atoms with Crippen molar-refractivity contribution in [1.29, 1.82) is 0 Å². The molecule has 5 nitrogen and oxygen atoms in total. The average Bonchev–Trinajstić information content (AvgIpc) is 2.98. The lowest BCUT2D eigenvalue weighted by molar-refractivity contribution is 0.0903. The summed E-state index contributed by atoms with van der Waals surface area (Å²) in [7, 11) is 2.10. The van der Waals surface area contributed by atoms with Crippen LogP contribution >= 0.6 is 0 Å². The summed E-state index contributed by atoms with van der Waals surface area (Å²) in [6.07, 6.45) is 2.30. The SMILES string of the molecule is CN1C[C@H](NC(=O)c2cc(C3CC3)on2)[C@H](C(C)(C)C)C1. The molecule has 116 valence electrons. The highest BCUT2D eigenvalue weighted by Crippen LogP contribution is 2.40. The first-order valence-electron chi connectivity index (χ1n) is 7.80. The fraction of sp³-hybridized carbons (Fsp3) is 0.750. The number of likely N-dealkylation sites (N-methyl/N-ethyl adjacent to an activating group) is 1. The van der Waals surface area contributed by atoms with Crippen molar-refractivity contribution < 1.29 is 9.32 Å². The van der Waals surface area contributed by atoms with E-state index in [0.29, 0.717) is 17.5 Å². The molecule has 1 N–H and O–H groups in total. The Morgan fingerprint density at radius 1 is 1.38 bits per heavy atom. The van der Waals surface area contributed by atoms with Crippen molar-refractivity contribution >= 4 is 5.91 Å². The summed E-state index contributed by atoms with van der Waals surface area (Å²) >= 11 is 0. The van der Waals surface area contributed by atoms with Gasteiger partial charge in [0.1, 0.15) is 5.76 Å². The van der Waals surface area contributed by atoms with E-state index in [1.54, 1.807) is 6.07 Å². The van der Waals surface area contributed by atoms with Crippen molar-refractivity contribution in [2.45, 2.75) is 45.6 Å². The molecule has 0 radical (unpaired) electrons. The molecule has 2 heterocycles. The van der Waals surface area contributed by atoms with Crippen LogP contribution < -0.4 is 5.32 Å².